The van der Waals surface area contributed by atoms with Gasteiger partial charge >= 0.3 is 0 Å². The maximum absolute atomic E-state index is 10.1. The molecular formula is C14H12ClN3O. The molecule has 0 radical (unpaired) electrons. The minimum atomic E-state index is 0.0482. The van der Waals surface area contributed by atoms with Gasteiger partial charge in [-0.1, -0.05) is 17.7 Å². The van der Waals surface area contributed by atoms with Crippen LogP contribution in [0.1, 0.15) is 0 Å². The Labute approximate surface area is 115 Å². The minimum Gasteiger partial charge on any atom is -0.505 e. The number of rotatable bonds is 1. The summed E-state index contributed by atoms with van der Waals surface area (Å²) in [7, 11) is 1.88. The second kappa shape index (κ2) is 4.17. The van der Waals surface area contributed by atoms with Crippen LogP contribution >= 0.6 is 11.6 Å². The van der Waals surface area contributed by atoms with Crippen molar-refractivity contribution >= 4 is 28.3 Å². The first-order chi connectivity index (χ1) is 9.08. The van der Waals surface area contributed by atoms with E-state index in [1.165, 1.54) is 0 Å². The molecule has 96 valence electrons. The molecule has 2 aromatic carbocycles. The van der Waals surface area contributed by atoms with Crippen molar-refractivity contribution in [1.82, 2.24) is 9.55 Å². The number of nitrogen functional groups attached to an aromatic ring is 1. The highest BCUT2D eigenvalue weighted by Gasteiger charge is 2.14. The quantitative estimate of drug-likeness (QED) is 0.529. The first-order valence-electron chi connectivity index (χ1n) is 5.77. The van der Waals surface area contributed by atoms with Crippen LogP contribution in [0.25, 0.3) is 22.4 Å². The Morgan fingerprint density at radius 3 is 2.84 bits per heavy atom. The molecule has 0 aliphatic heterocycles. The second-order valence-electron chi connectivity index (χ2n) is 4.37. The zero-order valence-electron chi connectivity index (χ0n) is 10.3. The molecule has 0 amide bonds. The zero-order chi connectivity index (χ0) is 13.6. The fraction of sp³-hybridized carbons (Fsp3) is 0.0714. The van der Waals surface area contributed by atoms with Crippen molar-refractivity contribution in [3.63, 3.8) is 0 Å². The standard InChI is InChI=1S/C14H12ClN3O/c1-18-12-7-8(15)5-6-11(12)17-14(18)9-3-2-4-10(16)13(9)19/h2-7,19H,16H2,1H3. The number of fused-ring (bicyclic) bond motifs is 1. The average molecular weight is 274 g/mol. The maximum Gasteiger partial charge on any atom is 0.149 e. The SMILES string of the molecule is Cn1c(-c2cccc(N)c2O)nc2ccc(Cl)cc21. The largest absolute Gasteiger partial charge is 0.505 e. The molecule has 1 heterocycles. The lowest BCUT2D eigenvalue weighted by molar-refractivity contribution is 0.479. The third-order valence-corrected chi connectivity index (χ3v) is 3.39. The minimum absolute atomic E-state index is 0.0482. The van der Waals surface area contributed by atoms with Crippen molar-refractivity contribution in [3.05, 3.63) is 41.4 Å². The molecule has 3 aromatic rings. The number of phenolic OH excluding ortho intramolecular Hbond substituents is 1. The summed E-state index contributed by atoms with van der Waals surface area (Å²) in [6, 6.07) is 10.7. The predicted octanol–water partition coefficient (Wildman–Crippen LogP) is 3.18. The van der Waals surface area contributed by atoms with Gasteiger partial charge in [0.05, 0.1) is 22.3 Å². The lowest BCUT2D eigenvalue weighted by Crippen LogP contribution is -1.94. The molecular weight excluding hydrogens is 262 g/mol. The Bertz CT molecular complexity index is 780. The molecule has 0 saturated carbocycles. The topological polar surface area (TPSA) is 64.1 Å². The fourth-order valence-corrected chi connectivity index (χ4v) is 2.31. The van der Waals surface area contributed by atoms with Gasteiger partial charge < -0.3 is 15.4 Å². The number of nitrogens with zero attached hydrogens (tertiary/aromatic N) is 2. The number of aromatic hydroxyl groups is 1. The number of nitrogens with two attached hydrogens (primary N) is 1. The molecule has 0 aliphatic carbocycles. The lowest BCUT2D eigenvalue weighted by Gasteiger charge is -2.06. The summed E-state index contributed by atoms with van der Waals surface area (Å²) >= 11 is 5.99. The Hall–Kier alpha value is -2.20. The van der Waals surface area contributed by atoms with E-state index in [0.29, 0.717) is 22.1 Å². The molecule has 0 saturated heterocycles. The highest BCUT2D eigenvalue weighted by atomic mass is 35.5. The fourth-order valence-electron chi connectivity index (χ4n) is 2.15. The number of aromatic nitrogens is 2. The van der Waals surface area contributed by atoms with Crippen LogP contribution in [0.15, 0.2) is 36.4 Å². The van der Waals surface area contributed by atoms with Crippen LogP contribution in [0, 0.1) is 0 Å². The average Bonchev–Trinajstić information content (AvgIpc) is 2.70. The van der Waals surface area contributed by atoms with Crippen LogP contribution in [0.2, 0.25) is 5.02 Å². The van der Waals surface area contributed by atoms with Gasteiger partial charge in [-0.25, -0.2) is 4.98 Å². The molecule has 0 unspecified atom stereocenters. The van der Waals surface area contributed by atoms with Gasteiger partial charge in [0, 0.05) is 12.1 Å². The summed E-state index contributed by atoms with van der Waals surface area (Å²) in [5.41, 5.74) is 8.39. The van der Waals surface area contributed by atoms with E-state index in [2.05, 4.69) is 4.98 Å². The van der Waals surface area contributed by atoms with Gasteiger partial charge in [-0.15, -0.1) is 0 Å². The Morgan fingerprint density at radius 2 is 2.05 bits per heavy atom. The lowest BCUT2D eigenvalue weighted by atomic mass is 10.1. The molecule has 3 N–H and O–H groups in total. The molecule has 0 aliphatic rings. The number of para-hydroxylation sites is 1. The Morgan fingerprint density at radius 1 is 1.26 bits per heavy atom. The van der Waals surface area contributed by atoms with E-state index in [4.69, 9.17) is 17.3 Å². The summed E-state index contributed by atoms with van der Waals surface area (Å²) in [5.74, 6) is 0.703. The van der Waals surface area contributed by atoms with E-state index >= 15 is 0 Å². The molecule has 0 bridgehead atoms. The number of aryl methyl sites for hydroxylation is 1. The zero-order valence-corrected chi connectivity index (χ0v) is 11.0. The van der Waals surface area contributed by atoms with E-state index in [-0.39, 0.29) is 5.75 Å². The molecule has 0 atom stereocenters. The van der Waals surface area contributed by atoms with Crippen LogP contribution in [-0.2, 0) is 7.05 Å². The van der Waals surface area contributed by atoms with E-state index < -0.39 is 0 Å². The van der Waals surface area contributed by atoms with Crippen molar-refractivity contribution in [2.45, 2.75) is 0 Å². The molecule has 1 aromatic heterocycles. The van der Waals surface area contributed by atoms with Gasteiger partial charge in [0.2, 0.25) is 0 Å². The number of hydrogen-bond donors (Lipinski definition) is 2. The van der Waals surface area contributed by atoms with Gasteiger partial charge in [0.1, 0.15) is 11.6 Å². The van der Waals surface area contributed by atoms with Crippen molar-refractivity contribution in [2.75, 3.05) is 5.73 Å². The number of phenols is 1. The predicted molar refractivity (Wildman–Crippen MR) is 77.2 cm³/mol. The molecule has 5 heteroatoms. The van der Waals surface area contributed by atoms with E-state index in [9.17, 15) is 5.11 Å². The summed E-state index contributed by atoms with van der Waals surface area (Å²) in [4.78, 5) is 4.51. The molecule has 0 spiro atoms. The van der Waals surface area contributed by atoms with Gasteiger partial charge in [-0.05, 0) is 30.3 Å². The van der Waals surface area contributed by atoms with Crippen LogP contribution in [-0.4, -0.2) is 14.7 Å². The van der Waals surface area contributed by atoms with Crippen LogP contribution in [0.3, 0.4) is 0 Å². The highest BCUT2D eigenvalue weighted by Crippen LogP contribution is 2.34. The third kappa shape index (κ3) is 1.81. The summed E-state index contributed by atoms with van der Waals surface area (Å²) in [5, 5.41) is 10.7. The maximum atomic E-state index is 10.1. The van der Waals surface area contributed by atoms with Crippen LogP contribution in [0.4, 0.5) is 5.69 Å². The smallest absolute Gasteiger partial charge is 0.149 e. The first-order valence-corrected chi connectivity index (χ1v) is 6.15. The normalized spacial score (nSPS) is 11.1. The van der Waals surface area contributed by atoms with Crippen LogP contribution < -0.4 is 5.73 Å². The summed E-state index contributed by atoms with van der Waals surface area (Å²) in [6.07, 6.45) is 0. The number of halogens is 1. The number of imidazole rings is 1. The second-order valence-corrected chi connectivity index (χ2v) is 4.81. The van der Waals surface area contributed by atoms with E-state index in [0.717, 1.165) is 11.0 Å². The Balaban J connectivity index is 2.31. The summed E-state index contributed by atoms with van der Waals surface area (Å²) < 4.78 is 1.88. The van der Waals surface area contributed by atoms with E-state index in [1.807, 2.05) is 23.7 Å². The van der Waals surface area contributed by atoms with Gasteiger partial charge in [-0.2, -0.15) is 0 Å². The number of benzene rings is 2. The van der Waals surface area contributed by atoms with Gasteiger partial charge in [0.25, 0.3) is 0 Å². The van der Waals surface area contributed by atoms with Gasteiger partial charge in [-0.3, -0.25) is 0 Å². The first kappa shape index (κ1) is 11.9. The van der Waals surface area contributed by atoms with Crippen LogP contribution in [0.5, 0.6) is 5.75 Å². The molecule has 4 nitrogen and oxygen atoms in total. The van der Waals surface area contributed by atoms with Gasteiger partial charge in [0.15, 0.2) is 0 Å². The highest BCUT2D eigenvalue weighted by molar-refractivity contribution is 6.31. The Kier molecular flexibility index (Phi) is 2.61. The monoisotopic (exact) mass is 273 g/mol. The van der Waals surface area contributed by atoms with Crippen molar-refractivity contribution < 1.29 is 5.11 Å². The molecule has 19 heavy (non-hydrogen) atoms. The van der Waals surface area contributed by atoms with Crippen molar-refractivity contribution in [1.29, 1.82) is 0 Å². The third-order valence-electron chi connectivity index (χ3n) is 3.15. The summed E-state index contributed by atoms with van der Waals surface area (Å²) in [6.45, 7) is 0. The van der Waals surface area contributed by atoms with E-state index in [1.54, 1.807) is 24.3 Å². The number of anilines is 1. The molecule has 0 fully saturated rings. The number of hydrogen-bond acceptors (Lipinski definition) is 3. The van der Waals surface area contributed by atoms with Crippen molar-refractivity contribution in [3.8, 4) is 17.1 Å². The van der Waals surface area contributed by atoms with Crippen molar-refractivity contribution in [2.24, 2.45) is 7.05 Å². The molecule has 3 rings (SSSR count).